The Labute approximate surface area is 253 Å². The number of carbonyl (C=O) groups is 1. The third kappa shape index (κ3) is 6.89. The lowest BCUT2D eigenvalue weighted by Crippen LogP contribution is -2.43. The number of fused-ring (bicyclic) bond motifs is 2. The predicted octanol–water partition coefficient (Wildman–Crippen LogP) is 6.50. The van der Waals surface area contributed by atoms with Gasteiger partial charge < -0.3 is 19.7 Å². The summed E-state index contributed by atoms with van der Waals surface area (Å²) in [5, 5.41) is 17.9. The SMILES string of the molecule is CCN(c1ccccc1)S(=O)(=O)[C@H]1C[C@H]2O[C@@H]1C(c1ccc(OCCCCCCCC(=O)O)cc1)=C2c1ccc(O)cc1. The zero-order chi connectivity index (χ0) is 30.4. The van der Waals surface area contributed by atoms with Crippen molar-refractivity contribution < 1.29 is 32.9 Å². The Balaban J connectivity index is 1.35. The smallest absolute Gasteiger partial charge is 0.303 e. The highest BCUT2D eigenvalue weighted by Crippen LogP contribution is 2.51. The number of nitrogens with zero attached hydrogens (tertiary/aromatic N) is 1. The number of carboxylic acids is 1. The topological polar surface area (TPSA) is 113 Å². The highest BCUT2D eigenvalue weighted by molar-refractivity contribution is 7.93. The van der Waals surface area contributed by atoms with E-state index in [0.29, 0.717) is 31.7 Å². The molecule has 2 aliphatic rings. The third-order valence-electron chi connectivity index (χ3n) is 8.16. The lowest BCUT2D eigenvalue weighted by molar-refractivity contribution is -0.137. The second kappa shape index (κ2) is 13.7. The molecule has 43 heavy (non-hydrogen) atoms. The number of aromatic hydroxyl groups is 1. The summed E-state index contributed by atoms with van der Waals surface area (Å²) in [6.45, 7) is 2.73. The first-order chi connectivity index (χ1) is 20.8. The number of ether oxygens (including phenoxy) is 2. The van der Waals surface area contributed by atoms with Crippen LogP contribution in [0.15, 0.2) is 78.9 Å². The number of phenolic OH excluding ortho intramolecular Hbond substituents is 1. The Bertz CT molecular complexity index is 1520. The summed E-state index contributed by atoms with van der Waals surface area (Å²) in [7, 11) is -3.74. The van der Waals surface area contributed by atoms with Gasteiger partial charge in [0, 0.05) is 13.0 Å². The maximum atomic E-state index is 14.1. The first-order valence-corrected chi connectivity index (χ1v) is 16.5. The van der Waals surface area contributed by atoms with Gasteiger partial charge in [-0.15, -0.1) is 0 Å². The second-order valence-electron chi connectivity index (χ2n) is 11.0. The number of sulfonamides is 1. The summed E-state index contributed by atoms with van der Waals surface area (Å²) in [4.78, 5) is 10.6. The molecule has 0 aromatic heterocycles. The van der Waals surface area contributed by atoms with Gasteiger partial charge in [-0.05, 0) is 84.9 Å². The van der Waals surface area contributed by atoms with Gasteiger partial charge >= 0.3 is 5.97 Å². The molecule has 3 aromatic rings. The number of carboxylic acid groups (broad SMARTS) is 1. The largest absolute Gasteiger partial charge is 0.508 e. The monoisotopic (exact) mass is 605 g/mol. The van der Waals surface area contributed by atoms with Gasteiger partial charge in [-0.3, -0.25) is 9.10 Å². The average molecular weight is 606 g/mol. The lowest BCUT2D eigenvalue weighted by Gasteiger charge is -2.31. The molecule has 0 amide bonds. The van der Waals surface area contributed by atoms with E-state index in [-0.39, 0.29) is 18.3 Å². The maximum Gasteiger partial charge on any atom is 0.303 e. The summed E-state index contributed by atoms with van der Waals surface area (Å²) in [5.41, 5.74) is 4.22. The van der Waals surface area contributed by atoms with E-state index in [1.807, 2.05) is 73.7 Å². The fraction of sp³-hybridized carbons (Fsp3) is 0.382. The van der Waals surface area contributed by atoms with Gasteiger partial charge in [0.15, 0.2) is 0 Å². The van der Waals surface area contributed by atoms with E-state index in [2.05, 4.69) is 0 Å². The number of phenols is 1. The molecule has 2 bridgehead atoms. The van der Waals surface area contributed by atoms with Crippen LogP contribution < -0.4 is 9.04 Å². The molecule has 0 saturated carbocycles. The minimum absolute atomic E-state index is 0.165. The van der Waals surface area contributed by atoms with E-state index >= 15 is 0 Å². The van der Waals surface area contributed by atoms with Gasteiger partial charge in [0.25, 0.3) is 0 Å². The third-order valence-corrected chi connectivity index (χ3v) is 10.4. The maximum absolute atomic E-state index is 14.1. The second-order valence-corrected chi connectivity index (χ2v) is 13.1. The van der Waals surface area contributed by atoms with Crippen molar-refractivity contribution in [3.8, 4) is 11.5 Å². The summed E-state index contributed by atoms with van der Waals surface area (Å²) in [5.74, 6) is 0.150. The molecule has 1 fully saturated rings. The first kappa shape index (κ1) is 30.6. The van der Waals surface area contributed by atoms with Gasteiger partial charge in [-0.25, -0.2) is 8.42 Å². The van der Waals surface area contributed by atoms with Crippen molar-refractivity contribution in [3.05, 3.63) is 90.0 Å². The number of rotatable bonds is 15. The van der Waals surface area contributed by atoms with Crippen LogP contribution in [0.5, 0.6) is 11.5 Å². The van der Waals surface area contributed by atoms with Crippen molar-refractivity contribution in [3.63, 3.8) is 0 Å². The molecule has 2 N–H and O–H groups in total. The molecule has 3 atom stereocenters. The number of aliphatic carboxylic acids is 1. The van der Waals surface area contributed by atoms with E-state index in [1.165, 1.54) is 4.31 Å². The molecule has 0 radical (unpaired) electrons. The Kier molecular flexibility index (Phi) is 9.72. The quantitative estimate of drug-likeness (QED) is 0.190. The fourth-order valence-electron chi connectivity index (χ4n) is 6.10. The molecule has 0 aliphatic carbocycles. The molecule has 0 spiro atoms. The number of unbranched alkanes of at least 4 members (excludes halogenated alkanes) is 4. The van der Waals surface area contributed by atoms with Gasteiger partial charge in [0.1, 0.15) is 22.9 Å². The molecular formula is C34H39NO7S. The Morgan fingerprint density at radius 3 is 2.19 bits per heavy atom. The van der Waals surface area contributed by atoms with Crippen LogP contribution >= 0.6 is 0 Å². The average Bonchev–Trinajstić information content (AvgIpc) is 3.60. The summed E-state index contributed by atoms with van der Waals surface area (Å²) in [6, 6.07) is 23.9. The van der Waals surface area contributed by atoms with Crippen LogP contribution in [0.4, 0.5) is 5.69 Å². The van der Waals surface area contributed by atoms with Gasteiger partial charge in [-0.2, -0.15) is 0 Å². The first-order valence-electron chi connectivity index (χ1n) is 15.0. The number of para-hydroxylation sites is 1. The summed E-state index contributed by atoms with van der Waals surface area (Å²) < 4.78 is 42.0. The molecule has 1 saturated heterocycles. The molecule has 8 nitrogen and oxygen atoms in total. The normalized spacial score (nSPS) is 19.5. The summed E-state index contributed by atoms with van der Waals surface area (Å²) in [6.07, 6.45) is 4.01. The van der Waals surface area contributed by atoms with Crippen molar-refractivity contribution in [2.24, 2.45) is 0 Å². The van der Waals surface area contributed by atoms with Crippen molar-refractivity contribution in [1.82, 2.24) is 0 Å². The zero-order valence-corrected chi connectivity index (χ0v) is 25.2. The highest BCUT2D eigenvalue weighted by Gasteiger charge is 2.54. The van der Waals surface area contributed by atoms with Crippen LogP contribution in [0.25, 0.3) is 11.1 Å². The zero-order valence-electron chi connectivity index (χ0n) is 24.4. The van der Waals surface area contributed by atoms with Crippen LogP contribution in [0.1, 0.15) is 63.0 Å². The Morgan fingerprint density at radius 1 is 0.884 bits per heavy atom. The van der Waals surface area contributed by atoms with Gasteiger partial charge in [0.05, 0.1) is 18.4 Å². The van der Waals surface area contributed by atoms with E-state index < -0.39 is 27.3 Å². The highest BCUT2D eigenvalue weighted by atomic mass is 32.2. The minimum Gasteiger partial charge on any atom is -0.508 e. The molecule has 5 rings (SSSR count). The van der Waals surface area contributed by atoms with Crippen LogP contribution in [-0.2, 0) is 19.6 Å². The van der Waals surface area contributed by atoms with Crippen LogP contribution in [-0.4, -0.2) is 55.2 Å². The van der Waals surface area contributed by atoms with Crippen LogP contribution in [0, 0.1) is 0 Å². The standard InChI is InChI=1S/C34H39NO7S/c1-2-35(26-11-7-6-8-12-26)43(39,40)30-23-29-32(24-14-18-27(36)19-15-24)33(34(30)42-29)25-16-20-28(21-17-25)41-22-10-5-3-4-9-13-31(37)38/h6-8,11-12,14-21,29-30,34,36H,2-5,9-10,13,22-23H2,1H3,(H,37,38)/t29-,30+,34+/m1/s1. The number of hydrogen-bond donors (Lipinski definition) is 2. The van der Waals surface area contributed by atoms with Crippen molar-refractivity contribution in [2.45, 2.75) is 69.3 Å². The van der Waals surface area contributed by atoms with E-state index in [0.717, 1.165) is 53.7 Å². The Morgan fingerprint density at radius 2 is 1.51 bits per heavy atom. The van der Waals surface area contributed by atoms with Crippen molar-refractivity contribution >= 4 is 32.8 Å². The van der Waals surface area contributed by atoms with E-state index in [9.17, 15) is 18.3 Å². The Hall–Kier alpha value is -3.82. The molecule has 9 heteroatoms. The lowest BCUT2D eigenvalue weighted by atomic mass is 9.83. The predicted molar refractivity (Wildman–Crippen MR) is 168 cm³/mol. The minimum atomic E-state index is -3.74. The molecule has 3 aromatic carbocycles. The molecular weight excluding hydrogens is 566 g/mol. The van der Waals surface area contributed by atoms with Gasteiger partial charge in [-0.1, -0.05) is 61.7 Å². The molecule has 2 aliphatic heterocycles. The van der Waals surface area contributed by atoms with Gasteiger partial charge in [0.2, 0.25) is 10.0 Å². The van der Waals surface area contributed by atoms with Crippen molar-refractivity contribution in [2.75, 3.05) is 17.5 Å². The number of benzene rings is 3. The van der Waals surface area contributed by atoms with E-state index in [1.54, 1.807) is 12.1 Å². The summed E-state index contributed by atoms with van der Waals surface area (Å²) >= 11 is 0. The van der Waals surface area contributed by atoms with Crippen LogP contribution in [0.2, 0.25) is 0 Å². The number of hydrogen-bond acceptors (Lipinski definition) is 6. The molecule has 0 unspecified atom stereocenters. The number of anilines is 1. The van der Waals surface area contributed by atoms with E-state index in [4.69, 9.17) is 14.6 Å². The van der Waals surface area contributed by atoms with Crippen molar-refractivity contribution in [1.29, 1.82) is 0 Å². The molecule has 228 valence electrons. The fourth-order valence-corrected chi connectivity index (χ4v) is 8.13. The molecule has 2 heterocycles. The van der Waals surface area contributed by atoms with Crippen LogP contribution in [0.3, 0.4) is 0 Å².